The van der Waals surface area contributed by atoms with Crippen LogP contribution in [0.25, 0.3) is 0 Å². The van der Waals surface area contributed by atoms with E-state index in [1.165, 1.54) is 6.20 Å². The third-order valence-corrected chi connectivity index (χ3v) is 1.95. The zero-order valence-corrected chi connectivity index (χ0v) is 14.5. The lowest BCUT2D eigenvalue weighted by Crippen LogP contribution is -2.09. The first-order chi connectivity index (χ1) is 7.16. The number of halogens is 2. The number of aromatic hydroxyl groups is 1. The van der Waals surface area contributed by atoms with Gasteiger partial charge in [0.1, 0.15) is 11.6 Å². The molecule has 0 aromatic carbocycles. The van der Waals surface area contributed by atoms with Gasteiger partial charge in [-0.15, -0.1) is 21.8 Å². The van der Waals surface area contributed by atoms with E-state index in [1.54, 1.807) is 6.07 Å². The van der Waals surface area contributed by atoms with E-state index in [-0.39, 0.29) is 11.3 Å². The molecule has 0 aliphatic heterocycles. The molecule has 0 atom stereocenters. The zero-order chi connectivity index (χ0) is 12.9. The fourth-order valence-corrected chi connectivity index (χ4v) is 1.03. The van der Waals surface area contributed by atoms with Crippen LogP contribution < -0.4 is 5.56 Å². The van der Waals surface area contributed by atoms with Crippen LogP contribution >= 0.6 is 44.4 Å². The Hall–Kier alpha value is -0.0831. The molecule has 1 aromatic rings. The predicted octanol–water partition coefficient (Wildman–Crippen LogP) is 2.81. The lowest BCUT2D eigenvalue weighted by atomic mass is 10.3. The summed E-state index contributed by atoms with van der Waals surface area (Å²) in [6.45, 7) is 6.94. The SMILES string of the molecule is C[Si](C)(C)I.N#Cc1c(O)c(I)c[nH]c1=O. The van der Waals surface area contributed by atoms with Crippen LogP contribution in [0.3, 0.4) is 0 Å². The van der Waals surface area contributed by atoms with Crippen molar-refractivity contribution < 1.29 is 5.11 Å². The Morgan fingerprint density at radius 2 is 1.94 bits per heavy atom. The Morgan fingerprint density at radius 3 is 2.25 bits per heavy atom. The van der Waals surface area contributed by atoms with E-state index in [9.17, 15) is 4.79 Å². The normalized spacial score (nSPS) is 10.0. The molecule has 1 heterocycles. The molecule has 4 nitrogen and oxygen atoms in total. The molecule has 7 heteroatoms. The van der Waals surface area contributed by atoms with Crippen molar-refractivity contribution in [2.24, 2.45) is 0 Å². The molecule has 0 unspecified atom stereocenters. The molecule has 0 saturated heterocycles. The Morgan fingerprint density at radius 1 is 1.50 bits per heavy atom. The number of aromatic nitrogens is 1. The Labute approximate surface area is 121 Å². The molecule has 0 radical (unpaired) electrons. The number of hydrogen-bond acceptors (Lipinski definition) is 3. The first-order valence-electron chi connectivity index (χ1n) is 4.36. The monoisotopic (exact) mass is 462 g/mol. The van der Waals surface area contributed by atoms with Crippen LogP contribution in [0, 0.1) is 14.9 Å². The number of hydrogen-bond donors (Lipinski definition) is 2. The fraction of sp³-hybridized carbons (Fsp3) is 0.333. The van der Waals surface area contributed by atoms with E-state index in [1.807, 2.05) is 22.6 Å². The first kappa shape index (κ1) is 15.9. The molecule has 16 heavy (non-hydrogen) atoms. The smallest absolute Gasteiger partial charge is 0.269 e. The van der Waals surface area contributed by atoms with Gasteiger partial charge >= 0.3 is 0 Å². The van der Waals surface area contributed by atoms with Crippen LogP contribution in [0.4, 0.5) is 0 Å². The van der Waals surface area contributed by atoms with E-state index >= 15 is 0 Å². The summed E-state index contributed by atoms with van der Waals surface area (Å²) in [6.07, 6.45) is 1.35. The van der Waals surface area contributed by atoms with Crippen LogP contribution in [0.5, 0.6) is 5.75 Å². The molecular weight excluding hydrogens is 450 g/mol. The maximum absolute atomic E-state index is 10.8. The quantitative estimate of drug-likeness (QED) is 0.354. The highest BCUT2D eigenvalue weighted by atomic mass is 127. The number of H-pyrrole nitrogens is 1. The van der Waals surface area contributed by atoms with Gasteiger partial charge in [-0.1, -0.05) is 19.6 Å². The van der Waals surface area contributed by atoms with Crippen LogP contribution in [-0.2, 0) is 0 Å². The molecule has 0 saturated carbocycles. The first-order valence-corrected chi connectivity index (χ1v) is 12.0. The van der Waals surface area contributed by atoms with Crippen LogP contribution in [0.1, 0.15) is 5.56 Å². The largest absolute Gasteiger partial charge is 0.505 e. The van der Waals surface area contributed by atoms with Gasteiger partial charge in [-0.2, -0.15) is 5.26 Å². The maximum atomic E-state index is 10.8. The average molecular weight is 462 g/mol. The lowest BCUT2D eigenvalue weighted by Gasteiger charge is -1.98. The fourth-order valence-electron chi connectivity index (χ4n) is 0.600. The van der Waals surface area contributed by atoms with E-state index in [0.29, 0.717) is 3.57 Å². The lowest BCUT2D eigenvalue weighted by molar-refractivity contribution is 0.468. The second kappa shape index (κ2) is 6.60. The topological polar surface area (TPSA) is 76.9 Å². The molecule has 1 rings (SSSR count). The second-order valence-corrected chi connectivity index (χ2v) is 18.9. The van der Waals surface area contributed by atoms with Gasteiger partial charge in [-0.25, -0.2) is 0 Å². The highest BCUT2D eigenvalue weighted by Crippen LogP contribution is 2.18. The molecule has 0 spiro atoms. The number of pyridine rings is 1. The van der Waals surface area contributed by atoms with Crippen LogP contribution in [0.15, 0.2) is 11.0 Å². The molecule has 1 aromatic heterocycles. The van der Waals surface area contributed by atoms with Gasteiger partial charge in [-0.05, 0) is 22.6 Å². The molecule has 0 amide bonds. The van der Waals surface area contributed by atoms with Crippen molar-refractivity contribution in [2.45, 2.75) is 19.6 Å². The number of nitrogens with one attached hydrogen (secondary N) is 1. The van der Waals surface area contributed by atoms with Gasteiger partial charge in [0, 0.05) is 6.20 Å². The molecule has 0 aliphatic rings. The molecular formula is C9H12I2N2O2Si. The number of nitrogens with zero attached hydrogens (tertiary/aromatic N) is 1. The van der Waals surface area contributed by atoms with Gasteiger partial charge in [0.25, 0.3) is 5.56 Å². The van der Waals surface area contributed by atoms with Crippen molar-refractivity contribution in [1.82, 2.24) is 4.98 Å². The summed E-state index contributed by atoms with van der Waals surface area (Å²) in [5, 5.41) is 17.5. The standard InChI is InChI=1S/C6H3IN2O2.C3H9ISi/c7-4-2-9-6(11)3(1-8)5(4)10;1-5(2,3)4/h2H,(H2,9,10,11);1-3H3. The minimum absolute atomic E-state index is 0.239. The summed E-state index contributed by atoms with van der Waals surface area (Å²) in [5.74, 6) is -0.253. The molecule has 88 valence electrons. The Balaban J connectivity index is 0.000000385. The minimum Gasteiger partial charge on any atom is -0.505 e. The molecule has 2 N–H and O–H groups in total. The van der Waals surface area contributed by atoms with Gasteiger partial charge in [0.05, 0.1) is 3.57 Å². The van der Waals surface area contributed by atoms with Crippen LogP contribution in [0.2, 0.25) is 19.6 Å². The van der Waals surface area contributed by atoms with E-state index in [2.05, 4.69) is 46.4 Å². The highest BCUT2D eigenvalue weighted by Gasteiger charge is 2.07. The second-order valence-electron chi connectivity index (χ2n) is 3.87. The molecule has 0 aliphatic carbocycles. The zero-order valence-electron chi connectivity index (χ0n) is 9.14. The Kier molecular flexibility index (Phi) is 6.57. The highest BCUT2D eigenvalue weighted by molar-refractivity contribution is 14.1. The summed E-state index contributed by atoms with van der Waals surface area (Å²) >= 11 is 4.34. The van der Waals surface area contributed by atoms with Gasteiger partial charge in [0.2, 0.25) is 0 Å². The van der Waals surface area contributed by atoms with E-state index < -0.39 is 11.1 Å². The Bertz CT molecular complexity index is 454. The van der Waals surface area contributed by atoms with Gasteiger partial charge < -0.3 is 10.1 Å². The van der Waals surface area contributed by atoms with Crippen molar-refractivity contribution in [2.75, 3.05) is 0 Å². The summed E-state index contributed by atoms with van der Waals surface area (Å²) in [7, 11) is 0. The van der Waals surface area contributed by atoms with Crippen molar-refractivity contribution in [1.29, 1.82) is 5.26 Å². The third-order valence-electron chi connectivity index (χ3n) is 1.13. The van der Waals surface area contributed by atoms with Crippen LogP contribution in [-0.4, -0.2) is 15.7 Å². The van der Waals surface area contributed by atoms with Gasteiger partial charge in [-0.3, -0.25) is 4.79 Å². The summed E-state index contributed by atoms with van der Waals surface area (Å²) in [6, 6.07) is 1.61. The van der Waals surface area contributed by atoms with Crippen molar-refractivity contribution >= 4 is 50.0 Å². The summed E-state index contributed by atoms with van der Waals surface area (Å²) in [4.78, 5) is 13.1. The molecule has 0 bridgehead atoms. The molecule has 0 fully saturated rings. The number of nitriles is 1. The average Bonchev–Trinajstić information content (AvgIpc) is 2.10. The predicted molar refractivity (Wildman–Crippen MR) is 83.5 cm³/mol. The number of aromatic amines is 1. The van der Waals surface area contributed by atoms with E-state index in [4.69, 9.17) is 10.4 Å². The van der Waals surface area contributed by atoms with Crippen molar-refractivity contribution in [3.63, 3.8) is 0 Å². The van der Waals surface area contributed by atoms with Crippen molar-refractivity contribution in [3.05, 3.63) is 25.7 Å². The van der Waals surface area contributed by atoms with E-state index in [0.717, 1.165) is 0 Å². The minimum atomic E-state index is -0.641. The van der Waals surface area contributed by atoms with Crippen molar-refractivity contribution in [3.8, 4) is 11.8 Å². The third kappa shape index (κ3) is 6.49. The summed E-state index contributed by atoms with van der Waals surface area (Å²) in [5.41, 5.74) is -1.44. The summed E-state index contributed by atoms with van der Waals surface area (Å²) < 4.78 is 0.457. The number of rotatable bonds is 0. The van der Waals surface area contributed by atoms with Gasteiger partial charge in [0.15, 0.2) is 11.3 Å². The maximum Gasteiger partial charge on any atom is 0.269 e.